The number of primary amides is 1. The molecule has 0 saturated carbocycles. The Morgan fingerprint density at radius 1 is 1.22 bits per heavy atom. The fraction of sp³-hybridized carbons (Fsp3) is 0.125. The lowest BCUT2D eigenvalue weighted by molar-refractivity contribution is -0.138. The molecule has 18 heavy (non-hydrogen) atoms. The van der Waals surface area contributed by atoms with Crippen LogP contribution in [0.25, 0.3) is 0 Å². The van der Waals surface area contributed by atoms with Crippen molar-refractivity contribution < 1.29 is 36.1 Å². The second kappa shape index (κ2) is 2.92. The lowest BCUT2D eigenvalue weighted by atomic mass is 10.0. The Morgan fingerprint density at radius 3 is 2.33 bits per heavy atom. The van der Waals surface area contributed by atoms with E-state index < -0.39 is 42.5 Å². The summed E-state index contributed by atoms with van der Waals surface area (Å²) < 4.78 is 63.9. The fourth-order valence-electron chi connectivity index (χ4n) is 1.73. The first-order chi connectivity index (χ1) is 8.21. The van der Waals surface area contributed by atoms with E-state index in [2.05, 4.69) is 13.6 Å². The molecule has 2 heterocycles. The van der Waals surface area contributed by atoms with Crippen molar-refractivity contribution in [3.05, 3.63) is 17.2 Å². The zero-order chi connectivity index (χ0) is 13.3. The van der Waals surface area contributed by atoms with Gasteiger partial charge in [0.15, 0.2) is 11.5 Å². The average molecular weight is 281 g/mol. The predicted molar refractivity (Wildman–Crippen MR) is 49.5 cm³/mol. The normalized spacial score (nSPS) is 23.3. The molecule has 0 fully saturated rings. The highest BCUT2D eigenvalue weighted by Gasteiger charge is 2.55. The van der Waals surface area contributed by atoms with Gasteiger partial charge in [0.05, 0.1) is 5.56 Å². The third kappa shape index (κ3) is 1.30. The van der Waals surface area contributed by atoms with Gasteiger partial charge in [-0.25, -0.2) is 0 Å². The summed E-state index contributed by atoms with van der Waals surface area (Å²) >= 11 is 0. The van der Waals surface area contributed by atoms with Gasteiger partial charge in [-0.15, -0.1) is 0 Å². The standard InChI is InChI=1S/C8H3F3NO5P/c9-8(10,11)4-2(7(12)13)1-3-5-6(4)17-18(14,15-3)16-5/h1H,(H2,12,13). The number of alkyl halides is 3. The Balaban J connectivity index is 2.35. The number of phosphoric ester groups is 1. The Hall–Kier alpha value is -1.89. The molecule has 0 spiro atoms. The molecule has 0 saturated heterocycles. The molecular formula is C8H3F3NO5P. The van der Waals surface area contributed by atoms with E-state index in [9.17, 15) is 22.5 Å². The minimum absolute atomic E-state index is 0.249. The lowest BCUT2D eigenvalue weighted by Gasteiger charge is -2.17. The summed E-state index contributed by atoms with van der Waals surface area (Å²) in [5.74, 6) is -2.79. The van der Waals surface area contributed by atoms with Crippen LogP contribution in [0.4, 0.5) is 13.2 Å². The molecule has 0 radical (unpaired) electrons. The first-order valence-electron chi connectivity index (χ1n) is 4.48. The van der Waals surface area contributed by atoms with Gasteiger partial charge in [-0.1, -0.05) is 0 Å². The summed E-state index contributed by atoms with van der Waals surface area (Å²) in [6.07, 6.45) is -4.90. The molecule has 2 bridgehead atoms. The van der Waals surface area contributed by atoms with E-state index in [1.807, 2.05) is 0 Å². The largest absolute Gasteiger partial charge is 0.647 e. The van der Waals surface area contributed by atoms with Crippen molar-refractivity contribution in [2.24, 2.45) is 5.73 Å². The molecule has 1 unspecified atom stereocenters. The topological polar surface area (TPSA) is 87.9 Å². The smallest absolute Gasteiger partial charge is 0.382 e. The van der Waals surface area contributed by atoms with Crippen LogP contribution in [-0.4, -0.2) is 5.91 Å². The van der Waals surface area contributed by atoms with Gasteiger partial charge in [0, 0.05) is 0 Å². The molecule has 1 aromatic carbocycles. The first kappa shape index (κ1) is 11.2. The van der Waals surface area contributed by atoms with Gasteiger partial charge in [-0.05, 0) is 6.07 Å². The van der Waals surface area contributed by atoms with Crippen LogP contribution in [0, 0.1) is 0 Å². The summed E-state index contributed by atoms with van der Waals surface area (Å²) in [5.41, 5.74) is 2.63. The first-order valence-corrected chi connectivity index (χ1v) is 5.94. The molecule has 1 amide bonds. The predicted octanol–water partition coefficient (Wildman–Crippen LogP) is 2.08. The van der Waals surface area contributed by atoms with Crippen molar-refractivity contribution in [2.75, 3.05) is 0 Å². The van der Waals surface area contributed by atoms with Crippen molar-refractivity contribution in [1.82, 2.24) is 0 Å². The van der Waals surface area contributed by atoms with Crippen LogP contribution in [0.1, 0.15) is 15.9 Å². The van der Waals surface area contributed by atoms with Crippen LogP contribution >= 0.6 is 7.82 Å². The number of carbonyl (C=O) groups is 1. The third-order valence-corrected chi connectivity index (χ3v) is 3.60. The van der Waals surface area contributed by atoms with Crippen molar-refractivity contribution in [3.63, 3.8) is 0 Å². The number of benzene rings is 1. The number of phosphoric acid groups is 1. The van der Waals surface area contributed by atoms with Gasteiger partial charge in [-0.2, -0.15) is 17.7 Å². The van der Waals surface area contributed by atoms with E-state index in [1.165, 1.54) is 0 Å². The Labute approximate surface area is 97.0 Å². The molecule has 6 nitrogen and oxygen atoms in total. The highest BCUT2D eigenvalue weighted by atomic mass is 31.2. The van der Waals surface area contributed by atoms with E-state index in [1.54, 1.807) is 0 Å². The second-order valence-electron chi connectivity index (χ2n) is 3.54. The molecule has 0 aromatic heterocycles. The van der Waals surface area contributed by atoms with Crippen molar-refractivity contribution >= 4 is 13.7 Å². The number of hydrogen-bond acceptors (Lipinski definition) is 5. The van der Waals surface area contributed by atoms with E-state index in [-0.39, 0.29) is 5.75 Å². The van der Waals surface area contributed by atoms with E-state index in [0.29, 0.717) is 0 Å². The molecule has 2 aliphatic rings. The Kier molecular flexibility index (Phi) is 1.82. The van der Waals surface area contributed by atoms with Crippen LogP contribution in [0.2, 0.25) is 0 Å². The Bertz CT molecular complexity index is 641. The van der Waals surface area contributed by atoms with Crippen LogP contribution in [-0.2, 0) is 10.7 Å². The van der Waals surface area contributed by atoms with Gasteiger partial charge >= 0.3 is 14.0 Å². The van der Waals surface area contributed by atoms with Gasteiger partial charge < -0.3 is 19.3 Å². The maximum absolute atomic E-state index is 12.9. The quantitative estimate of drug-likeness (QED) is 0.796. The molecule has 1 aromatic rings. The zero-order valence-electron chi connectivity index (χ0n) is 8.28. The molecule has 1 atom stereocenters. The lowest BCUT2D eigenvalue weighted by Crippen LogP contribution is -2.20. The summed E-state index contributed by atoms with van der Waals surface area (Å²) in [5, 5.41) is 0. The minimum atomic E-state index is -4.90. The molecule has 2 aliphatic heterocycles. The van der Waals surface area contributed by atoms with Crippen LogP contribution in [0.5, 0.6) is 17.2 Å². The van der Waals surface area contributed by atoms with Crippen molar-refractivity contribution in [1.29, 1.82) is 0 Å². The van der Waals surface area contributed by atoms with E-state index >= 15 is 0 Å². The number of fused-ring (bicyclic) bond motifs is 1. The Morgan fingerprint density at radius 2 is 1.83 bits per heavy atom. The van der Waals surface area contributed by atoms with Crippen LogP contribution < -0.4 is 19.3 Å². The third-order valence-electron chi connectivity index (χ3n) is 2.37. The SMILES string of the molecule is NC(=O)c1cc2c3c(c1C(F)(F)F)OP(=O)(O2)O3. The number of carbonyl (C=O) groups excluding carboxylic acids is 1. The van der Waals surface area contributed by atoms with E-state index in [0.717, 1.165) is 6.07 Å². The van der Waals surface area contributed by atoms with Gasteiger partial charge in [-0.3, -0.25) is 4.79 Å². The molecule has 0 aliphatic carbocycles. The van der Waals surface area contributed by atoms with E-state index in [4.69, 9.17) is 5.73 Å². The molecule has 3 rings (SSSR count). The number of halogens is 3. The molecule has 2 N–H and O–H groups in total. The number of amides is 1. The van der Waals surface area contributed by atoms with Crippen LogP contribution in [0.3, 0.4) is 0 Å². The maximum Gasteiger partial charge on any atom is 0.647 e. The summed E-state index contributed by atoms with van der Waals surface area (Å²) in [6, 6.07) is 0.742. The molecule has 96 valence electrons. The minimum Gasteiger partial charge on any atom is -0.382 e. The number of nitrogens with two attached hydrogens (primary N) is 1. The number of hydrogen-bond donors (Lipinski definition) is 1. The van der Waals surface area contributed by atoms with Crippen LogP contribution in [0.15, 0.2) is 6.07 Å². The maximum atomic E-state index is 12.9. The van der Waals surface area contributed by atoms with Gasteiger partial charge in [0.1, 0.15) is 5.56 Å². The molecule has 10 heteroatoms. The van der Waals surface area contributed by atoms with Crippen molar-refractivity contribution in [2.45, 2.75) is 6.18 Å². The molecular weight excluding hydrogens is 278 g/mol. The average Bonchev–Trinajstić information content (AvgIpc) is 2.66. The van der Waals surface area contributed by atoms with Gasteiger partial charge in [0.25, 0.3) is 0 Å². The summed E-state index contributed by atoms with van der Waals surface area (Å²) in [7, 11) is -4.05. The monoisotopic (exact) mass is 281 g/mol. The number of rotatable bonds is 1. The van der Waals surface area contributed by atoms with Gasteiger partial charge in [0.2, 0.25) is 11.7 Å². The second-order valence-corrected chi connectivity index (χ2v) is 4.98. The highest BCUT2D eigenvalue weighted by molar-refractivity contribution is 7.50. The summed E-state index contributed by atoms with van der Waals surface area (Å²) in [6.45, 7) is 0. The summed E-state index contributed by atoms with van der Waals surface area (Å²) in [4.78, 5) is 11.0. The highest BCUT2D eigenvalue weighted by Crippen LogP contribution is 2.71. The fourth-order valence-corrected chi connectivity index (χ4v) is 3.02. The zero-order valence-corrected chi connectivity index (χ0v) is 9.17. The van der Waals surface area contributed by atoms with Crippen molar-refractivity contribution in [3.8, 4) is 17.2 Å².